The van der Waals surface area contributed by atoms with Crippen molar-refractivity contribution in [3.8, 4) is 11.4 Å². The van der Waals surface area contributed by atoms with Crippen LogP contribution in [0.3, 0.4) is 0 Å². The fraction of sp³-hybridized carbons (Fsp3) is 0.158. The normalized spacial score (nSPS) is 13.3. The Morgan fingerprint density at radius 1 is 1.07 bits per heavy atom. The lowest BCUT2D eigenvalue weighted by molar-refractivity contribution is 0.0640. The Labute approximate surface area is 162 Å². The van der Waals surface area contributed by atoms with Crippen molar-refractivity contribution in [3.63, 3.8) is 0 Å². The molecule has 2 heterocycles. The number of amides is 2. The average molecular weight is 402 g/mol. The molecule has 0 bridgehead atoms. The van der Waals surface area contributed by atoms with Crippen LogP contribution in [0.15, 0.2) is 42.6 Å². The molecule has 1 aliphatic rings. The predicted molar refractivity (Wildman–Crippen MR) is 93.5 cm³/mol. The van der Waals surface area contributed by atoms with Gasteiger partial charge in [0.2, 0.25) is 0 Å². The number of fused-ring (bicyclic) bond motifs is 1. The third kappa shape index (κ3) is 3.02. The van der Waals surface area contributed by atoms with Gasteiger partial charge in [0.15, 0.2) is 11.6 Å². The molecular formula is C19H13F3N4O3. The summed E-state index contributed by atoms with van der Waals surface area (Å²) in [6, 6.07) is 8.92. The standard InChI is InChI=1S/C19H13F3N4O3/c1-29-15-7-6-14(26-9-13(17(21)22)23-24-26)12(16(15)20)8-25-18(27)10-4-2-3-5-11(10)19(25)28/h2-7,9,17H,8H2,1H3. The van der Waals surface area contributed by atoms with Crippen LogP contribution >= 0.6 is 0 Å². The van der Waals surface area contributed by atoms with Gasteiger partial charge in [0, 0.05) is 5.56 Å². The Kier molecular flexibility index (Phi) is 4.53. The number of imide groups is 1. The van der Waals surface area contributed by atoms with E-state index in [2.05, 4.69) is 10.3 Å². The maximum absolute atomic E-state index is 15.0. The first kappa shape index (κ1) is 18.7. The van der Waals surface area contributed by atoms with E-state index in [1.807, 2.05) is 0 Å². The topological polar surface area (TPSA) is 77.3 Å². The van der Waals surface area contributed by atoms with Crippen molar-refractivity contribution in [2.45, 2.75) is 13.0 Å². The lowest BCUT2D eigenvalue weighted by Crippen LogP contribution is -2.30. The second-order valence-corrected chi connectivity index (χ2v) is 6.21. The van der Waals surface area contributed by atoms with Gasteiger partial charge in [-0.1, -0.05) is 17.3 Å². The van der Waals surface area contributed by atoms with Crippen LogP contribution in [-0.4, -0.2) is 38.8 Å². The van der Waals surface area contributed by atoms with E-state index in [0.29, 0.717) is 0 Å². The van der Waals surface area contributed by atoms with Crippen LogP contribution in [0.25, 0.3) is 5.69 Å². The van der Waals surface area contributed by atoms with Crippen molar-refractivity contribution >= 4 is 11.8 Å². The molecule has 10 heteroatoms. The lowest BCUT2D eigenvalue weighted by atomic mass is 10.1. The second kappa shape index (κ2) is 7.04. The molecule has 0 N–H and O–H groups in total. The van der Waals surface area contributed by atoms with Gasteiger partial charge < -0.3 is 4.74 Å². The van der Waals surface area contributed by atoms with E-state index < -0.39 is 36.3 Å². The highest BCUT2D eigenvalue weighted by molar-refractivity contribution is 6.21. The maximum Gasteiger partial charge on any atom is 0.283 e. The highest BCUT2D eigenvalue weighted by atomic mass is 19.3. The molecule has 29 heavy (non-hydrogen) atoms. The molecule has 4 rings (SSSR count). The summed E-state index contributed by atoms with van der Waals surface area (Å²) in [5.41, 5.74) is -0.233. The van der Waals surface area contributed by atoms with Gasteiger partial charge in [0.1, 0.15) is 5.69 Å². The number of ether oxygens (including phenoxy) is 1. The molecule has 3 aromatic rings. The smallest absolute Gasteiger partial charge is 0.283 e. The molecule has 0 spiro atoms. The first-order valence-electron chi connectivity index (χ1n) is 8.43. The molecule has 7 nitrogen and oxygen atoms in total. The monoisotopic (exact) mass is 402 g/mol. The fourth-order valence-electron chi connectivity index (χ4n) is 3.15. The van der Waals surface area contributed by atoms with Crippen LogP contribution in [0.2, 0.25) is 0 Å². The van der Waals surface area contributed by atoms with Gasteiger partial charge in [-0.25, -0.2) is 17.9 Å². The number of methoxy groups -OCH3 is 1. The Hall–Kier alpha value is -3.69. The van der Waals surface area contributed by atoms with Crippen molar-refractivity contribution < 1.29 is 27.5 Å². The number of carbonyl (C=O) groups excluding carboxylic acids is 2. The Morgan fingerprint density at radius 3 is 2.28 bits per heavy atom. The van der Waals surface area contributed by atoms with Crippen LogP contribution in [0, 0.1) is 5.82 Å². The summed E-state index contributed by atoms with van der Waals surface area (Å²) in [5.74, 6) is -2.12. The molecule has 1 aliphatic heterocycles. The van der Waals surface area contributed by atoms with Crippen molar-refractivity contribution in [2.75, 3.05) is 7.11 Å². The molecule has 0 saturated carbocycles. The summed E-state index contributed by atoms with van der Waals surface area (Å²) in [6.07, 6.45) is -1.90. The third-order valence-corrected chi connectivity index (χ3v) is 4.58. The van der Waals surface area contributed by atoms with Crippen molar-refractivity contribution in [2.24, 2.45) is 0 Å². The van der Waals surface area contributed by atoms with Gasteiger partial charge in [-0.05, 0) is 24.3 Å². The van der Waals surface area contributed by atoms with Crippen molar-refractivity contribution in [3.05, 3.63) is 70.8 Å². The number of halogens is 3. The quantitative estimate of drug-likeness (QED) is 0.613. The first-order chi connectivity index (χ1) is 13.9. The van der Waals surface area contributed by atoms with Gasteiger partial charge in [-0.2, -0.15) is 0 Å². The zero-order chi connectivity index (χ0) is 20.7. The number of benzene rings is 2. The molecule has 148 valence electrons. The summed E-state index contributed by atoms with van der Waals surface area (Å²) in [4.78, 5) is 26.2. The number of carbonyl (C=O) groups is 2. The van der Waals surface area contributed by atoms with Crippen LogP contribution in [0.5, 0.6) is 5.75 Å². The number of alkyl halides is 2. The molecule has 0 radical (unpaired) electrons. The summed E-state index contributed by atoms with van der Waals surface area (Å²) in [5, 5.41) is 6.97. The highest BCUT2D eigenvalue weighted by Gasteiger charge is 2.36. The first-order valence-corrected chi connectivity index (χ1v) is 8.43. The molecule has 0 saturated heterocycles. The van der Waals surface area contributed by atoms with E-state index in [9.17, 15) is 18.4 Å². The number of rotatable bonds is 5. The van der Waals surface area contributed by atoms with Crippen LogP contribution in [0.4, 0.5) is 13.2 Å². The van der Waals surface area contributed by atoms with Gasteiger partial charge in [0.05, 0.1) is 36.7 Å². The maximum atomic E-state index is 15.0. The van der Waals surface area contributed by atoms with Crippen LogP contribution in [-0.2, 0) is 6.54 Å². The van der Waals surface area contributed by atoms with Gasteiger partial charge in [-0.3, -0.25) is 14.5 Å². The van der Waals surface area contributed by atoms with E-state index >= 15 is 4.39 Å². The lowest BCUT2D eigenvalue weighted by Gasteiger charge is -2.18. The zero-order valence-electron chi connectivity index (χ0n) is 15.0. The molecule has 2 aromatic carbocycles. The number of hydrogen-bond donors (Lipinski definition) is 0. The van der Waals surface area contributed by atoms with E-state index in [1.54, 1.807) is 12.1 Å². The predicted octanol–water partition coefficient (Wildman–Crippen LogP) is 3.15. The van der Waals surface area contributed by atoms with Crippen molar-refractivity contribution in [1.82, 2.24) is 19.9 Å². The molecule has 0 aliphatic carbocycles. The highest BCUT2D eigenvalue weighted by Crippen LogP contribution is 2.31. The van der Waals surface area contributed by atoms with E-state index in [-0.39, 0.29) is 28.1 Å². The minimum absolute atomic E-state index is 0.0549. The van der Waals surface area contributed by atoms with Crippen molar-refractivity contribution in [1.29, 1.82) is 0 Å². The molecule has 0 fully saturated rings. The van der Waals surface area contributed by atoms with E-state index in [4.69, 9.17) is 4.74 Å². The number of aromatic nitrogens is 3. The van der Waals surface area contributed by atoms with E-state index in [1.165, 1.54) is 31.4 Å². The molecule has 0 atom stereocenters. The zero-order valence-corrected chi connectivity index (χ0v) is 15.0. The molecule has 1 aromatic heterocycles. The van der Waals surface area contributed by atoms with Crippen LogP contribution in [0.1, 0.15) is 38.4 Å². The third-order valence-electron chi connectivity index (χ3n) is 4.58. The summed E-state index contributed by atoms with van der Waals surface area (Å²) < 4.78 is 46.7. The van der Waals surface area contributed by atoms with E-state index in [0.717, 1.165) is 15.8 Å². The molecule has 0 unspecified atom stereocenters. The summed E-state index contributed by atoms with van der Waals surface area (Å²) in [7, 11) is 1.26. The Morgan fingerprint density at radius 2 is 1.72 bits per heavy atom. The number of hydrogen-bond acceptors (Lipinski definition) is 5. The second-order valence-electron chi connectivity index (χ2n) is 6.21. The van der Waals surface area contributed by atoms with Gasteiger partial charge in [-0.15, -0.1) is 5.10 Å². The minimum Gasteiger partial charge on any atom is -0.494 e. The molecule has 2 amide bonds. The van der Waals surface area contributed by atoms with Gasteiger partial charge >= 0.3 is 0 Å². The fourth-order valence-corrected chi connectivity index (χ4v) is 3.15. The van der Waals surface area contributed by atoms with Crippen LogP contribution < -0.4 is 4.74 Å². The summed E-state index contributed by atoms with van der Waals surface area (Å²) >= 11 is 0. The van der Waals surface area contributed by atoms with Gasteiger partial charge in [0.25, 0.3) is 18.2 Å². The largest absolute Gasteiger partial charge is 0.494 e. The Bertz CT molecular complexity index is 1090. The number of nitrogens with zero attached hydrogens (tertiary/aromatic N) is 4. The minimum atomic E-state index is -2.86. The average Bonchev–Trinajstić information content (AvgIpc) is 3.30. The summed E-state index contributed by atoms with van der Waals surface area (Å²) in [6.45, 7) is -0.436. The Balaban J connectivity index is 1.78. The molecular weight excluding hydrogens is 389 g/mol. The SMILES string of the molecule is COc1ccc(-n2cc(C(F)F)nn2)c(CN2C(=O)c3ccccc3C2=O)c1F.